The lowest BCUT2D eigenvalue weighted by Gasteiger charge is -2.04. The molecule has 0 saturated carbocycles. The number of aryl methyl sites for hydroxylation is 2. The highest BCUT2D eigenvalue weighted by Crippen LogP contribution is 2.24. The van der Waals surface area contributed by atoms with Crippen molar-refractivity contribution in [3.63, 3.8) is 0 Å². The number of Topliss-reactive ketones (excluding diaryl/α,β-unsaturated/α-hetero) is 1. The summed E-state index contributed by atoms with van der Waals surface area (Å²) in [7, 11) is 1.85. The van der Waals surface area contributed by atoms with Crippen LogP contribution in [0, 0.1) is 0 Å². The Morgan fingerprint density at radius 2 is 2.16 bits per heavy atom. The van der Waals surface area contributed by atoms with Gasteiger partial charge in [-0.1, -0.05) is 6.92 Å². The highest BCUT2D eigenvalue weighted by molar-refractivity contribution is 9.10. The first-order valence-electron chi connectivity index (χ1n) is 5.88. The highest BCUT2D eigenvalue weighted by atomic mass is 79.9. The van der Waals surface area contributed by atoms with E-state index >= 15 is 0 Å². The first kappa shape index (κ1) is 14.4. The second-order valence-electron chi connectivity index (χ2n) is 4.12. The summed E-state index contributed by atoms with van der Waals surface area (Å²) in [5.41, 5.74) is 2.29. The Balaban J connectivity index is 2.30. The number of carbonyl (C=O) groups excluding carboxylic acids is 1. The maximum atomic E-state index is 12.3. The van der Waals surface area contributed by atoms with E-state index in [0.717, 1.165) is 22.3 Å². The SMILES string of the molecule is CCc1nn(C)c(CC(=O)c2ncccc2Br)c1Br. The van der Waals surface area contributed by atoms with Crippen molar-refractivity contribution in [1.82, 2.24) is 14.8 Å². The van der Waals surface area contributed by atoms with E-state index in [4.69, 9.17) is 0 Å². The fourth-order valence-corrected chi connectivity index (χ4v) is 3.07. The van der Waals surface area contributed by atoms with E-state index in [2.05, 4.69) is 41.9 Å². The number of nitrogens with zero attached hydrogens (tertiary/aromatic N) is 3. The topological polar surface area (TPSA) is 47.8 Å². The fourth-order valence-electron chi connectivity index (χ4n) is 1.84. The predicted octanol–water partition coefficient (Wildman–Crippen LogP) is 3.33. The Bertz CT molecular complexity index is 622. The van der Waals surface area contributed by atoms with Crippen LogP contribution in [-0.4, -0.2) is 20.5 Å². The lowest BCUT2D eigenvalue weighted by atomic mass is 10.1. The summed E-state index contributed by atoms with van der Waals surface area (Å²) in [5, 5.41) is 4.38. The molecule has 0 aromatic carbocycles. The average molecular weight is 387 g/mol. The molecule has 0 spiro atoms. The van der Waals surface area contributed by atoms with Gasteiger partial charge < -0.3 is 0 Å². The maximum Gasteiger partial charge on any atom is 0.188 e. The van der Waals surface area contributed by atoms with Gasteiger partial charge in [0.25, 0.3) is 0 Å². The van der Waals surface area contributed by atoms with Crippen LogP contribution >= 0.6 is 31.9 Å². The van der Waals surface area contributed by atoms with Crippen molar-refractivity contribution < 1.29 is 4.79 Å². The van der Waals surface area contributed by atoms with E-state index in [1.807, 2.05) is 20.0 Å². The van der Waals surface area contributed by atoms with Gasteiger partial charge in [0.05, 0.1) is 22.3 Å². The lowest BCUT2D eigenvalue weighted by Crippen LogP contribution is -2.10. The normalized spacial score (nSPS) is 10.7. The largest absolute Gasteiger partial charge is 0.292 e. The number of hydrogen-bond acceptors (Lipinski definition) is 3. The molecular formula is C13H13Br2N3O. The monoisotopic (exact) mass is 385 g/mol. The second kappa shape index (κ2) is 5.96. The molecule has 0 atom stereocenters. The van der Waals surface area contributed by atoms with E-state index in [0.29, 0.717) is 10.2 Å². The minimum Gasteiger partial charge on any atom is -0.292 e. The van der Waals surface area contributed by atoms with E-state index in [1.165, 1.54) is 0 Å². The van der Waals surface area contributed by atoms with Crippen molar-refractivity contribution in [2.24, 2.45) is 7.05 Å². The van der Waals surface area contributed by atoms with Crippen molar-refractivity contribution >= 4 is 37.6 Å². The molecule has 4 nitrogen and oxygen atoms in total. The molecule has 19 heavy (non-hydrogen) atoms. The molecule has 0 fully saturated rings. The third-order valence-electron chi connectivity index (χ3n) is 2.85. The number of ketones is 1. The molecule has 0 unspecified atom stereocenters. The lowest BCUT2D eigenvalue weighted by molar-refractivity contribution is 0.0985. The first-order valence-corrected chi connectivity index (χ1v) is 7.47. The predicted molar refractivity (Wildman–Crippen MR) is 80.3 cm³/mol. The van der Waals surface area contributed by atoms with Crippen LogP contribution in [-0.2, 0) is 19.9 Å². The van der Waals surface area contributed by atoms with Crippen LogP contribution in [0.5, 0.6) is 0 Å². The molecule has 0 aliphatic carbocycles. The summed E-state index contributed by atoms with van der Waals surface area (Å²) in [4.78, 5) is 16.4. The highest BCUT2D eigenvalue weighted by Gasteiger charge is 2.18. The van der Waals surface area contributed by atoms with Crippen molar-refractivity contribution in [2.45, 2.75) is 19.8 Å². The van der Waals surface area contributed by atoms with Gasteiger partial charge in [-0.3, -0.25) is 14.5 Å². The molecule has 100 valence electrons. The Morgan fingerprint density at radius 1 is 1.42 bits per heavy atom. The molecule has 6 heteroatoms. The minimum atomic E-state index is -0.0289. The molecule has 2 aromatic heterocycles. The van der Waals surface area contributed by atoms with Crippen molar-refractivity contribution in [2.75, 3.05) is 0 Å². The van der Waals surface area contributed by atoms with E-state index < -0.39 is 0 Å². The molecule has 0 N–H and O–H groups in total. The third kappa shape index (κ3) is 2.95. The zero-order valence-electron chi connectivity index (χ0n) is 10.7. The minimum absolute atomic E-state index is 0.0289. The summed E-state index contributed by atoms with van der Waals surface area (Å²) in [5.74, 6) is -0.0289. The van der Waals surface area contributed by atoms with Crippen LogP contribution in [0.1, 0.15) is 28.8 Å². The molecule has 2 rings (SSSR count). The van der Waals surface area contributed by atoms with Gasteiger partial charge in [0.2, 0.25) is 0 Å². The van der Waals surface area contributed by atoms with Gasteiger partial charge in [0.15, 0.2) is 5.78 Å². The Labute approximate surface area is 128 Å². The van der Waals surface area contributed by atoms with E-state index in [9.17, 15) is 4.79 Å². The quantitative estimate of drug-likeness (QED) is 0.757. The summed E-state index contributed by atoms with van der Waals surface area (Å²) in [6.45, 7) is 2.04. The van der Waals surface area contributed by atoms with Crippen LogP contribution < -0.4 is 0 Å². The van der Waals surface area contributed by atoms with Gasteiger partial charge in [0.1, 0.15) is 5.69 Å². The van der Waals surface area contributed by atoms with Crippen LogP contribution in [0.2, 0.25) is 0 Å². The number of hydrogen-bond donors (Lipinski definition) is 0. The molecule has 2 aromatic rings. The van der Waals surface area contributed by atoms with Gasteiger partial charge in [-0.25, -0.2) is 0 Å². The van der Waals surface area contributed by atoms with Crippen LogP contribution in [0.3, 0.4) is 0 Å². The maximum absolute atomic E-state index is 12.3. The Morgan fingerprint density at radius 3 is 2.74 bits per heavy atom. The number of aromatic nitrogens is 3. The van der Waals surface area contributed by atoms with Gasteiger partial charge in [-0.05, 0) is 50.4 Å². The van der Waals surface area contributed by atoms with E-state index in [1.54, 1.807) is 16.9 Å². The standard InChI is InChI=1S/C13H13Br2N3O/c1-3-9-12(15)10(18(2)17-9)7-11(19)13-8(14)5-4-6-16-13/h4-6H,3,7H2,1-2H3. The molecule has 0 amide bonds. The Hall–Kier alpha value is -1.01. The van der Waals surface area contributed by atoms with E-state index in [-0.39, 0.29) is 12.2 Å². The molecular weight excluding hydrogens is 374 g/mol. The molecule has 0 radical (unpaired) electrons. The Kier molecular flexibility index (Phi) is 4.52. The molecule has 0 aliphatic rings. The molecule has 0 saturated heterocycles. The molecule has 2 heterocycles. The molecule has 0 bridgehead atoms. The zero-order chi connectivity index (χ0) is 14.0. The summed E-state index contributed by atoms with van der Waals surface area (Å²) in [6, 6.07) is 3.60. The summed E-state index contributed by atoms with van der Waals surface area (Å²) >= 11 is 6.86. The number of carbonyl (C=O) groups is 1. The van der Waals surface area contributed by atoms with Gasteiger partial charge >= 0.3 is 0 Å². The van der Waals surface area contributed by atoms with Gasteiger partial charge in [-0.2, -0.15) is 5.10 Å². The van der Waals surface area contributed by atoms with Gasteiger partial charge in [0, 0.05) is 17.7 Å². The van der Waals surface area contributed by atoms with Gasteiger partial charge in [-0.15, -0.1) is 0 Å². The van der Waals surface area contributed by atoms with Crippen LogP contribution in [0.15, 0.2) is 27.3 Å². The number of rotatable bonds is 4. The first-order chi connectivity index (χ1) is 9.04. The number of halogens is 2. The average Bonchev–Trinajstić information content (AvgIpc) is 2.66. The number of pyridine rings is 1. The third-order valence-corrected chi connectivity index (χ3v) is 4.41. The van der Waals surface area contributed by atoms with Crippen LogP contribution in [0.25, 0.3) is 0 Å². The van der Waals surface area contributed by atoms with Crippen molar-refractivity contribution in [1.29, 1.82) is 0 Å². The summed E-state index contributed by atoms with van der Waals surface area (Å²) in [6.07, 6.45) is 2.73. The molecule has 0 aliphatic heterocycles. The van der Waals surface area contributed by atoms with Crippen molar-refractivity contribution in [3.8, 4) is 0 Å². The summed E-state index contributed by atoms with van der Waals surface area (Å²) < 4.78 is 3.38. The second-order valence-corrected chi connectivity index (χ2v) is 5.77. The van der Waals surface area contributed by atoms with Crippen molar-refractivity contribution in [3.05, 3.63) is 44.4 Å². The van der Waals surface area contributed by atoms with Crippen LogP contribution in [0.4, 0.5) is 0 Å². The fraction of sp³-hybridized carbons (Fsp3) is 0.308. The zero-order valence-corrected chi connectivity index (χ0v) is 13.8. The smallest absolute Gasteiger partial charge is 0.188 e.